The number of fused-ring (bicyclic) bond motifs is 26. The minimum Gasteiger partial charge on any atom is -0.456 e. The largest absolute Gasteiger partial charge is 0.456 e. The van der Waals surface area contributed by atoms with E-state index in [-0.39, 0.29) is 0 Å². The summed E-state index contributed by atoms with van der Waals surface area (Å²) < 4.78 is 23.8. The molecule has 0 aliphatic rings. The molecule has 30 rings (SSSR count). The minimum atomic E-state index is 0.605. The summed E-state index contributed by atoms with van der Waals surface area (Å²) in [5.74, 6) is 3.83. The third kappa shape index (κ3) is 12.6. The van der Waals surface area contributed by atoms with Crippen molar-refractivity contribution in [2.45, 2.75) is 0 Å². The average Bonchev–Trinajstić information content (AvgIpc) is 1.56. The standard InChI is InChI=1S/C63H37N5OS.C63H37N5S2/c1-4-15-38(16-5-1)61-64-62(39-17-6-2-7-18-39)66-63(65-61)41-28-33-56-51(36-41)52-37-43(29-34-57(52)69-56)67-53-25-12-11-22-46(53)50-35-40(27-32-55(50)67)44-23-14-24-48-49-31-30-47-45-21-10-13-26-54(45)68(42-19-8-3-9-20-42)58(47)60(49)70-59(44)48;1-4-17-38(18-5-1)61-64-62(39-19-6-2-7-20-39)66-63(65-61)50-29-15-27-46-48-28-16-32-55(59(48)69-58(46)50)68-53-31-13-11-24-44(53)51-37-40(33-36-54(51)68)42-25-14-26-47-49-35-34-45-43-23-10-12-30-52(43)67(41-21-8-3-9-22-41)56(45)60(49)70-57(42)47/h2*1-37H. The number of thiophene rings is 3. The Hall–Kier alpha value is -17.9. The third-order valence-electron chi connectivity index (χ3n) is 27.9. The highest BCUT2D eigenvalue weighted by molar-refractivity contribution is 7.28. The minimum absolute atomic E-state index is 0.605. The number of para-hydroxylation sites is 6. The van der Waals surface area contributed by atoms with Gasteiger partial charge in [-0.2, -0.15) is 0 Å². The first kappa shape index (κ1) is 79.5. The van der Waals surface area contributed by atoms with Crippen molar-refractivity contribution in [3.05, 3.63) is 449 Å². The molecule has 0 atom stereocenters. The molecule has 10 aromatic heterocycles. The fourth-order valence-corrected chi connectivity index (χ4v) is 25.7. The lowest BCUT2D eigenvalue weighted by Gasteiger charge is -2.10. The van der Waals surface area contributed by atoms with Crippen LogP contribution in [0.2, 0.25) is 0 Å². The second-order valence-electron chi connectivity index (χ2n) is 35.8. The Kier molecular flexibility index (Phi) is 18.1. The molecule has 0 spiro atoms. The van der Waals surface area contributed by atoms with Crippen molar-refractivity contribution in [1.29, 1.82) is 0 Å². The van der Waals surface area contributed by atoms with Gasteiger partial charge >= 0.3 is 0 Å². The molecule has 30 aromatic rings. The van der Waals surface area contributed by atoms with Gasteiger partial charge in [0.2, 0.25) is 0 Å². The summed E-state index contributed by atoms with van der Waals surface area (Å²) in [6.45, 7) is 0. The lowest BCUT2D eigenvalue weighted by Crippen LogP contribution is -2.00. The van der Waals surface area contributed by atoms with E-state index in [9.17, 15) is 0 Å². The fourth-order valence-electron chi connectivity index (χ4n) is 21.6. The molecule has 0 aliphatic carbocycles. The van der Waals surface area contributed by atoms with E-state index in [0.717, 1.165) is 82.4 Å². The van der Waals surface area contributed by atoms with E-state index in [2.05, 4.69) is 358 Å². The highest BCUT2D eigenvalue weighted by Crippen LogP contribution is 2.52. The highest BCUT2D eigenvalue weighted by atomic mass is 32.1. The number of furan rings is 1. The molecule has 0 unspecified atom stereocenters. The normalized spacial score (nSPS) is 12.0. The van der Waals surface area contributed by atoms with Gasteiger partial charge in [-0.25, -0.2) is 29.9 Å². The first-order valence-corrected chi connectivity index (χ1v) is 49.5. The predicted molar refractivity (Wildman–Crippen MR) is 586 cm³/mol. The van der Waals surface area contributed by atoms with Crippen LogP contribution in [0, 0.1) is 0 Å². The molecular formula is C126H74N10OS3. The zero-order chi connectivity index (χ0) is 91.7. The van der Waals surface area contributed by atoms with Crippen LogP contribution in [0.15, 0.2) is 453 Å². The summed E-state index contributed by atoms with van der Waals surface area (Å²) in [6, 6.07) is 160. The number of rotatable bonds is 12. The molecule has 0 fully saturated rings. The van der Waals surface area contributed by atoms with Crippen molar-refractivity contribution < 1.29 is 4.42 Å². The van der Waals surface area contributed by atoms with Gasteiger partial charge in [0.05, 0.1) is 63.9 Å². The maximum absolute atomic E-state index is 6.50. The molecule has 20 aromatic carbocycles. The van der Waals surface area contributed by atoms with Crippen molar-refractivity contribution in [3.63, 3.8) is 0 Å². The van der Waals surface area contributed by atoms with E-state index in [1.807, 2.05) is 143 Å². The summed E-state index contributed by atoms with van der Waals surface area (Å²) in [4.78, 5) is 30.3. The molecule has 14 heteroatoms. The zero-order valence-corrected chi connectivity index (χ0v) is 77.3. The molecule has 11 nitrogen and oxygen atoms in total. The van der Waals surface area contributed by atoms with Crippen LogP contribution in [0.3, 0.4) is 0 Å². The maximum Gasteiger partial charge on any atom is 0.165 e. The van der Waals surface area contributed by atoms with Crippen molar-refractivity contribution >= 4 is 204 Å². The van der Waals surface area contributed by atoms with Crippen LogP contribution < -0.4 is 0 Å². The number of hydrogen-bond donors (Lipinski definition) is 0. The van der Waals surface area contributed by atoms with Gasteiger partial charge in [-0.05, 0) is 144 Å². The van der Waals surface area contributed by atoms with Crippen LogP contribution in [0.4, 0.5) is 0 Å². The van der Waals surface area contributed by atoms with E-state index in [1.54, 1.807) is 0 Å². The van der Waals surface area contributed by atoms with Gasteiger partial charge < -0.3 is 22.7 Å². The van der Waals surface area contributed by atoms with Gasteiger partial charge in [0, 0.05) is 151 Å². The van der Waals surface area contributed by atoms with Gasteiger partial charge in [-0.1, -0.05) is 328 Å². The number of hydrogen-bond acceptors (Lipinski definition) is 10. The van der Waals surface area contributed by atoms with E-state index < -0.39 is 0 Å². The van der Waals surface area contributed by atoms with Gasteiger partial charge in [0.15, 0.2) is 34.9 Å². The van der Waals surface area contributed by atoms with Crippen molar-refractivity contribution in [1.82, 2.24) is 48.2 Å². The van der Waals surface area contributed by atoms with Crippen LogP contribution in [-0.2, 0) is 0 Å². The SMILES string of the molecule is c1ccc(-c2nc(-c3ccccc3)nc(-c3ccc4oc5ccc(-n6c7ccccc7c7cc(-c8cccc9c8sc8c9ccc9c%10ccccc%10n(-c%10ccccc%10)c98)ccc76)cc5c4c3)n2)cc1.c1ccc(-c2nc(-c3ccccc3)nc(-c3cccc4c3sc3c(-n5c6ccccc6c6cc(-c7cccc8c7sc7c8ccc8c9ccccc9n(-c9ccccc9)c87)ccc65)cccc34)n2)cc1. The molecule has 0 N–H and O–H groups in total. The second kappa shape index (κ2) is 31.9. The smallest absolute Gasteiger partial charge is 0.165 e. The van der Waals surface area contributed by atoms with E-state index in [4.69, 9.17) is 34.3 Å². The molecule has 10 heterocycles. The van der Waals surface area contributed by atoms with Crippen LogP contribution in [0.1, 0.15) is 0 Å². The summed E-state index contributed by atoms with van der Waals surface area (Å²) in [5, 5.41) is 19.5. The summed E-state index contributed by atoms with van der Waals surface area (Å²) in [7, 11) is 0. The summed E-state index contributed by atoms with van der Waals surface area (Å²) in [6.07, 6.45) is 0. The predicted octanol–water partition coefficient (Wildman–Crippen LogP) is 34.5. The second-order valence-corrected chi connectivity index (χ2v) is 38.9. The monoisotopic (exact) mass is 1840 g/mol. The van der Waals surface area contributed by atoms with Crippen molar-refractivity contribution in [2.75, 3.05) is 0 Å². The van der Waals surface area contributed by atoms with Crippen LogP contribution >= 0.6 is 34.0 Å². The quantitative estimate of drug-likeness (QED) is 0.120. The van der Waals surface area contributed by atoms with Crippen LogP contribution in [-0.4, -0.2) is 48.2 Å². The number of aromatic nitrogens is 10. The maximum atomic E-state index is 6.50. The lowest BCUT2D eigenvalue weighted by molar-refractivity contribution is 0.669. The van der Waals surface area contributed by atoms with Gasteiger partial charge in [-0.3, -0.25) is 0 Å². The molecule has 0 saturated carbocycles. The topological polar surface area (TPSA) is 110 Å². The van der Waals surface area contributed by atoms with E-state index in [0.29, 0.717) is 34.9 Å². The van der Waals surface area contributed by atoms with E-state index in [1.165, 1.54) is 166 Å². The molecule has 0 saturated heterocycles. The van der Waals surface area contributed by atoms with E-state index >= 15 is 0 Å². The van der Waals surface area contributed by atoms with Gasteiger partial charge in [0.1, 0.15) is 11.2 Å². The Morgan fingerprint density at radius 1 is 0.164 bits per heavy atom. The van der Waals surface area contributed by atoms with Crippen molar-refractivity contribution in [3.8, 4) is 113 Å². The molecular weight excluding hydrogens is 1770 g/mol. The summed E-state index contributed by atoms with van der Waals surface area (Å²) >= 11 is 5.63. The Morgan fingerprint density at radius 3 is 0.936 bits per heavy atom. The van der Waals surface area contributed by atoms with Crippen LogP contribution in [0.5, 0.6) is 0 Å². The fraction of sp³-hybridized carbons (Fsp3) is 0. The van der Waals surface area contributed by atoms with Gasteiger partial charge in [-0.15, -0.1) is 34.0 Å². The Bertz CT molecular complexity index is 10200. The Morgan fingerprint density at radius 2 is 0.471 bits per heavy atom. The molecule has 0 amide bonds. The average molecular weight is 1840 g/mol. The number of benzene rings is 20. The first-order chi connectivity index (χ1) is 69.4. The Balaban J connectivity index is 0.000000134. The molecule has 0 bridgehead atoms. The van der Waals surface area contributed by atoms with Crippen molar-refractivity contribution in [2.24, 2.45) is 0 Å². The van der Waals surface area contributed by atoms with Crippen LogP contribution in [0.25, 0.3) is 283 Å². The lowest BCUT2D eigenvalue weighted by atomic mass is 10.0. The molecule has 0 aliphatic heterocycles. The highest BCUT2D eigenvalue weighted by Gasteiger charge is 2.28. The third-order valence-corrected chi connectivity index (χ3v) is 31.7. The van der Waals surface area contributed by atoms with Gasteiger partial charge in [0.25, 0.3) is 0 Å². The molecule has 0 radical (unpaired) electrons. The number of nitrogens with zero attached hydrogens (tertiary/aromatic N) is 10. The first-order valence-electron chi connectivity index (χ1n) is 47.0. The Labute approximate surface area is 812 Å². The molecule has 652 valence electrons. The molecule has 140 heavy (non-hydrogen) atoms. The zero-order valence-electron chi connectivity index (χ0n) is 74.8. The summed E-state index contributed by atoms with van der Waals surface area (Å²) in [5.41, 5.74) is 26.3.